The van der Waals surface area contributed by atoms with Crippen LogP contribution in [0.4, 0.5) is 9.80 Å². The molecular weight excluding hydrogens is 302 g/mol. The van der Waals surface area contributed by atoms with E-state index in [1.54, 1.807) is 5.38 Å². The number of hydrogen-bond donors (Lipinski definition) is 3. The predicted molar refractivity (Wildman–Crippen MR) is 74.0 cm³/mol. The van der Waals surface area contributed by atoms with Crippen LogP contribution >= 0.6 is 11.3 Å². The maximum absolute atomic E-state index is 11.3. The highest BCUT2D eigenvalue weighted by Gasteiger charge is 2.10. The van der Waals surface area contributed by atoms with Crippen LogP contribution in [0.2, 0.25) is 0 Å². The number of oxime groups is 1. The fourth-order valence-corrected chi connectivity index (χ4v) is 1.93. The number of carboxylic acid groups (broad SMARTS) is 1. The number of rotatable bonds is 6. The predicted octanol–water partition coefficient (Wildman–Crippen LogP) is 0.955. The first-order valence-corrected chi connectivity index (χ1v) is 6.49. The van der Waals surface area contributed by atoms with Gasteiger partial charge >= 0.3 is 18.0 Å². The Morgan fingerprint density at radius 3 is 2.67 bits per heavy atom. The highest BCUT2D eigenvalue weighted by molar-refractivity contribution is 7.14. The molecule has 0 atom stereocenters. The smallest absolute Gasteiger partial charge is 0.409 e. The van der Waals surface area contributed by atoms with Gasteiger partial charge in [-0.2, -0.15) is 0 Å². The number of amides is 1. The van der Waals surface area contributed by atoms with E-state index in [0.29, 0.717) is 10.6 Å². The van der Waals surface area contributed by atoms with Crippen LogP contribution in [-0.4, -0.2) is 36.1 Å². The minimum Gasteiger partial charge on any atom is -0.469 e. The van der Waals surface area contributed by atoms with E-state index in [0.717, 1.165) is 11.3 Å². The van der Waals surface area contributed by atoms with Crippen molar-refractivity contribution in [3.63, 3.8) is 0 Å². The molecule has 0 saturated heterocycles. The standard InChI is InChI=1S/C11H13N3O6S/c1-19-8(15)2-3-9(16)20-14-10(12)6-4-7(21-5-6)13-11(17)18/h4-5,13H,2-3H2,1H3,(H2,12,14)(H,17,18). The van der Waals surface area contributed by atoms with Gasteiger partial charge in [0.15, 0.2) is 5.84 Å². The molecular formula is C11H13N3O6S. The van der Waals surface area contributed by atoms with E-state index in [1.807, 2.05) is 0 Å². The highest BCUT2D eigenvalue weighted by Crippen LogP contribution is 2.20. The third-order valence-electron chi connectivity index (χ3n) is 2.13. The molecule has 10 heteroatoms. The van der Waals surface area contributed by atoms with Crippen molar-refractivity contribution in [2.24, 2.45) is 10.9 Å². The molecule has 4 N–H and O–H groups in total. The van der Waals surface area contributed by atoms with E-state index >= 15 is 0 Å². The van der Waals surface area contributed by atoms with Gasteiger partial charge in [-0.1, -0.05) is 5.16 Å². The number of hydrogen-bond acceptors (Lipinski definition) is 7. The molecule has 114 valence electrons. The lowest BCUT2D eigenvalue weighted by Crippen LogP contribution is -2.15. The second-order valence-corrected chi connectivity index (χ2v) is 4.56. The number of ether oxygens (including phenoxy) is 1. The van der Waals surface area contributed by atoms with Gasteiger partial charge in [0.25, 0.3) is 0 Å². The molecule has 0 aliphatic heterocycles. The van der Waals surface area contributed by atoms with E-state index in [1.165, 1.54) is 13.2 Å². The zero-order valence-corrected chi connectivity index (χ0v) is 11.8. The van der Waals surface area contributed by atoms with Crippen molar-refractivity contribution in [2.75, 3.05) is 12.4 Å². The van der Waals surface area contributed by atoms with Crippen LogP contribution in [0.1, 0.15) is 18.4 Å². The first kappa shape index (κ1) is 16.4. The maximum Gasteiger partial charge on any atom is 0.409 e. The third kappa shape index (κ3) is 5.91. The Hall–Kier alpha value is -2.62. The summed E-state index contributed by atoms with van der Waals surface area (Å²) < 4.78 is 4.37. The molecule has 0 radical (unpaired) electrons. The van der Waals surface area contributed by atoms with Crippen molar-refractivity contribution in [2.45, 2.75) is 12.8 Å². The Balaban J connectivity index is 2.52. The van der Waals surface area contributed by atoms with Crippen molar-refractivity contribution in [3.05, 3.63) is 17.0 Å². The van der Waals surface area contributed by atoms with E-state index in [2.05, 4.69) is 20.0 Å². The largest absolute Gasteiger partial charge is 0.469 e. The molecule has 1 heterocycles. The summed E-state index contributed by atoms with van der Waals surface area (Å²) >= 11 is 1.10. The van der Waals surface area contributed by atoms with E-state index in [9.17, 15) is 14.4 Å². The number of methoxy groups -OCH3 is 1. The number of anilines is 1. The Bertz CT molecular complexity index is 568. The number of nitrogens with one attached hydrogen (secondary N) is 1. The Kier molecular flexibility index (Phi) is 6.14. The van der Waals surface area contributed by atoms with Gasteiger partial charge in [0, 0.05) is 10.9 Å². The second-order valence-electron chi connectivity index (χ2n) is 3.65. The third-order valence-corrected chi connectivity index (χ3v) is 2.98. The molecule has 0 spiro atoms. The molecule has 0 aliphatic carbocycles. The zero-order valence-electron chi connectivity index (χ0n) is 11.0. The lowest BCUT2D eigenvalue weighted by molar-refractivity contribution is -0.148. The fourth-order valence-electron chi connectivity index (χ4n) is 1.15. The molecule has 1 aromatic heterocycles. The Labute approximate surface area is 123 Å². The normalized spacial score (nSPS) is 10.8. The van der Waals surface area contributed by atoms with Crippen molar-refractivity contribution in [3.8, 4) is 0 Å². The molecule has 0 fully saturated rings. The second kappa shape index (κ2) is 7.85. The van der Waals surface area contributed by atoms with E-state index in [4.69, 9.17) is 10.8 Å². The van der Waals surface area contributed by atoms with Crippen molar-refractivity contribution in [1.29, 1.82) is 0 Å². The quantitative estimate of drug-likeness (QED) is 0.233. The maximum atomic E-state index is 11.3. The minimum absolute atomic E-state index is 0.0869. The molecule has 21 heavy (non-hydrogen) atoms. The average Bonchev–Trinajstić information content (AvgIpc) is 2.89. The first-order valence-electron chi connectivity index (χ1n) is 5.61. The van der Waals surface area contributed by atoms with E-state index < -0.39 is 18.0 Å². The Morgan fingerprint density at radius 1 is 1.38 bits per heavy atom. The van der Waals surface area contributed by atoms with Gasteiger partial charge in [-0.05, 0) is 6.07 Å². The van der Waals surface area contributed by atoms with Crippen LogP contribution in [0.25, 0.3) is 0 Å². The van der Waals surface area contributed by atoms with Gasteiger partial charge in [0.05, 0.1) is 25.0 Å². The summed E-state index contributed by atoms with van der Waals surface area (Å²) in [5, 5.41) is 16.0. The molecule has 1 rings (SSSR count). The molecule has 1 aromatic rings. The molecule has 0 unspecified atom stereocenters. The molecule has 0 aliphatic rings. The molecule has 0 bridgehead atoms. The summed E-state index contributed by atoms with van der Waals surface area (Å²) in [5.74, 6) is -1.36. The van der Waals surface area contributed by atoms with Gasteiger partial charge in [0.2, 0.25) is 0 Å². The van der Waals surface area contributed by atoms with E-state index in [-0.39, 0.29) is 18.7 Å². The van der Waals surface area contributed by atoms with Gasteiger partial charge in [-0.15, -0.1) is 11.3 Å². The summed E-state index contributed by atoms with van der Waals surface area (Å²) in [6.45, 7) is 0. The lowest BCUT2D eigenvalue weighted by atomic mass is 10.3. The number of carbonyl (C=O) groups is 3. The van der Waals surface area contributed by atoms with Crippen LogP contribution in [0.5, 0.6) is 0 Å². The highest BCUT2D eigenvalue weighted by atomic mass is 32.1. The molecule has 0 saturated carbocycles. The zero-order chi connectivity index (χ0) is 15.8. The van der Waals surface area contributed by atoms with Crippen LogP contribution in [-0.2, 0) is 19.2 Å². The van der Waals surface area contributed by atoms with Gasteiger partial charge in [-0.3, -0.25) is 10.1 Å². The summed E-state index contributed by atoms with van der Waals surface area (Å²) in [7, 11) is 1.21. The van der Waals surface area contributed by atoms with Crippen LogP contribution in [0.3, 0.4) is 0 Å². The van der Waals surface area contributed by atoms with Gasteiger partial charge in [0.1, 0.15) is 0 Å². The number of thiophene rings is 1. The molecule has 9 nitrogen and oxygen atoms in total. The lowest BCUT2D eigenvalue weighted by Gasteiger charge is -1.99. The van der Waals surface area contributed by atoms with Crippen LogP contribution in [0, 0.1) is 0 Å². The summed E-state index contributed by atoms with van der Waals surface area (Å²) in [6, 6.07) is 1.44. The van der Waals surface area contributed by atoms with Gasteiger partial charge in [-0.25, -0.2) is 9.59 Å². The monoisotopic (exact) mass is 315 g/mol. The average molecular weight is 315 g/mol. The van der Waals surface area contributed by atoms with Crippen molar-refractivity contribution < 1.29 is 29.1 Å². The number of nitrogens with zero attached hydrogens (tertiary/aromatic N) is 1. The number of nitrogens with two attached hydrogens (primary N) is 1. The summed E-state index contributed by atoms with van der Waals surface area (Å²) in [5.41, 5.74) is 5.99. The summed E-state index contributed by atoms with van der Waals surface area (Å²) in [4.78, 5) is 37.1. The Morgan fingerprint density at radius 2 is 2.05 bits per heavy atom. The molecule has 1 amide bonds. The van der Waals surface area contributed by atoms with Crippen LogP contribution in [0.15, 0.2) is 16.6 Å². The molecule has 0 aromatic carbocycles. The van der Waals surface area contributed by atoms with Crippen molar-refractivity contribution >= 4 is 40.2 Å². The topological polar surface area (TPSA) is 140 Å². The number of carbonyl (C=O) groups excluding carboxylic acids is 2. The number of amidine groups is 1. The minimum atomic E-state index is -1.20. The van der Waals surface area contributed by atoms with Crippen LogP contribution < -0.4 is 11.1 Å². The number of esters is 1. The summed E-state index contributed by atoms with van der Waals surface area (Å²) in [6.07, 6.45) is -1.50. The van der Waals surface area contributed by atoms with Gasteiger partial charge < -0.3 is 20.4 Å². The SMILES string of the molecule is COC(=O)CCC(=O)ON=C(N)c1csc(NC(=O)O)c1. The first-order chi connectivity index (χ1) is 9.92. The van der Waals surface area contributed by atoms with Crippen molar-refractivity contribution in [1.82, 2.24) is 0 Å². The fraction of sp³-hybridized carbons (Fsp3) is 0.273.